The van der Waals surface area contributed by atoms with Crippen molar-refractivity contribution >= 4 is 0 Å². The quantitative estimate of drug-likeness (QED) is 0.913. The number of hydrogen-bond acceptors (Lipinski definition) is 2. The van der Waals surface area contributed by atoms with E-state index in [9.17, 15) is 5.11 Å². The number of aliphatic hydroxyl groups is 1. The molecule has 1 unspecified atom stereocenters. The molecule has 0 bridgehead atoms. The van der Waals surface area contributed by atoms with Crippen molar-refractivity contribution in [1.29, 1.82) is 0 Å². The normalized spacial score (nSPS) is 12.2. The van der Waals surface area contributed by atoms with Gasteiger partial charge in [-0.2, -0.15) is 0 Å². The van der Waals surface area contributed by atoms with Crippen LogP contribution in [0.5, 0.6) is 5.75 Å². The van der Waals surface area contributed by atoms with Crippen molar-refractivity contribution in [2.45, 2.75) is 33.3 Å². The monoisotopic (exact) mass is 270 g/mol. The molecular formula is C18H22O2. The molecule has 20 heavy (non-hydrogen) atoms. The first kappa shape index (κ1) is 14.6. The van der Waals surface area contributed by atoms with Crippen LogP contribution in [0, 0.1) is 20.8 Å². The van der Waals surface area contributed by atoms with Gasteiger partial charge in [-0.1, -0.05) is 30.3 Å². The van der Waals surface area contributed by atoms with Gasteiger partial charge in [0.25, 0.3) is 0 Å². The van der Waals surface area contributed by atoms with Gasteiger partial charge in [0.05, 0.1) is 13.2 Å². The van der Waals surface area contributed by atoms with Crippen LogP contribution < -0.4 is 4.74 Å². The van der Waals surface area contributed by atoms with Gasteiger partial charge in [-0.05, 0) is 49.1 Å². The summed E-state index contributed by atoms with van der Waals surface area (Å²) in [6.07, 6.45) is 0.0585. The van der Waals surface area contributed by atoms with Crippen LogP contribution in [0.3, 0.4) is 0 Å². The predicted molar refractivity (Wildman–Crippen MR) is 82.3 cm³/mol. The number of aryl methyl sites for hydroxylation is 3. The lowest BCUT2D eigenvalue weighted by Crippen LogP contribution is -2.06. The van der Waals surface area contributed by atoms with Gasteiger partial charge in [0.1, 0.15) is 5.75 Å². The van der Waals surface area contributed by atoms with E-state index in [0.717, 1.165) is 16.9 Å². The lowest BCUT2D eigenvalue weighted by Gasteiger charge is -2.18. The van der Waals surface area contributed by atoms with Crippen molar-refractivity contribution in [2.75, 3.05) is 7.11 Å². The lowest BCUT2D eigenvalue weighted by atomic mass is 9.94. The average molecular weight is 270 g/mol. The Morgan fingerprint density at radius 3 is 2.30 bits per heavy atom. The molecule has 2 heteroatoms. The van der Waals surface area contributed by atoms with Gasteiger partial charge in [0.15, 0.2) is 0 Å². The maximum Gasteiger partial charge on any atom is 0.124 e. The summed E-state index contributed by atoms with van der Waals surface area (Å²) in [5, 5.41) is 10.5. The molecular weight excluding hydrogens is 248 g/mol. The van der Waals surface area contributed by atoms with Crippen LogP contribution in [-0.2, 0) is 6.42 Å². The van der Waals surface area contributed by atoms with E-state index >= 15 is 0 Å². The zero-order chi connectivity index (χ0) is 14.7. The average Bonchev–Trinajstić information content (AvgIpc) is 2.42. The van der Waals surface area contributed by atoms with E-state index in [2.05, 4.69) is 26.0 Å². The van der Waals surface area contributed by atoms with Crippen molar-refractivity contribution in [3.05, 3.63) is 64.2 Å². The molecule has 106 valence electrons. The van der Waals surface area contributed by atoms with Crippen molar-refractivity contribution in [2.24, 2.45) is 0 Å². The van der Waals surface area contributed by atoms with Crippen LogP contribution in [-0.4, -0.2) is 12.2 Å². The molecule has 0 amide bonds. The van der Waals surface area contributed by atoms with Gasteiger partial charge in [-0.15, -0.1) is 0 Å². The fourth-order valence-electron chi connectivity index (χ4n) is 2.57. The first-order valence-electron chi connectivity index (χ1n) is 6.90. The molecule has 0 aliphatic carbocycles. The van der Waals surface area contributed by atoms with Crippen LogP contribution in [0.1, 0.15) is 33.9 Å². The molecule has 0 aliphatic rings. The molecule has 0 saturated carbocycles. The SMILES string of the molecule is COc1cc(C)ccc1C(O)Cc1c(C)cccc1C. The van der Waals surface area contributed by atoms with E-state index in [0.29, 0.717) is 6.42 Å². The summed E-state index contributed by atoms with van der Waals surface area (Å²) in [7, 11) is 1.64. The topological polar surface area (TPSA) is 29.5 Å². The summed E-state index contributed by atoms with van der Waals surface area (Å²) >= 11 is 0. The van der Waals surface area contributed by atoms with Crippen molar-refractivity contribution < 1.29 is 9.84 Å². The first-order valence-corrected chi connectivity index (χ1v) is 6.90. The second-order valence-corrected chi connectivity index (χ2v) is 5.34. The molecule has 2 rings (SSSR count). The van der Waals surface area contributed by atoms with Crippen molar-refractivity contribution in [3.8, 4) is 5.75 Å². The highest BCUT2D eigenvalue weighted by molar-refractivity contribution is 5.41. The number of benzene rings is 2. The Balaban J connectivity index is 2.31. The number of methoxy groups -OCH3 is 1. The fourth-order valence-corrected chi connectivity index (χ4v) is 2.57. The lowest BCUT2D eigenvalue weighted by molar-refractivity contribution is 0.173. The summed E-state index contributed by atoms with van der Waals surface area (Å²) in [5.74, 6) is 0.753. The maximum atomic E-state index is 10.5. The molecule has 2 aromatic rings. The van der Waals surface area contributed by atoms with E-state index in [4.69, 9.17) is 4.74 Å². The smallest absolute Gasteiger partial charge is 0.124 e. The second kappa shape index (κ2) is 6.10. The van der Waals surface area contributed by atoms with Crippen LogP contribution in [0.25, 0.3) is 0 Å². The molecule has 0 spiro atoms. The first-order chi connectivity index (χ1) is 9.52. The Hall–Kier alpha value is -1.80. The Morgan fingerprint density at radius 2 is 1.70 bits per heavy atom. The molecule has 2 aromatic carbocycles. The van der Waals surface area contributed by atoms with E-state index in [1.165, 1.54) is 16.7 Å². The van der Waals surface area contributed by atoms with Gasteiger partial charge in [0.2, 0.25) is 0 Å². The minimum atomic E-state index is -0.551. The number of hydrogen-bond donors (Lipinski definition) is 1. The number of aliphatic hydroxyl groups excluding tert-OH is 1. The maximum absolute atomic E-state index is 10.5. The summed E-state index contributed by atoms with van der Waals surface area (Å²) in [6.45, 7) is 6.19. The van der Waals surface area contributed by atoms with Gasteiger partial charge in [-0.25, -0.2) is 0 Å². The molecule has 0 fully saturated rings. The minimum Gasteiger partial charge on any atom is -0.496 e. The van der Waals surface area contributed by atoms with Crippen LogP contribution in [0.15, 0.2) is 36.4 Å². The van der Waals surface area contributed by atoms with E-state index in [1.807, 2.05) is 31.2 Å². The largest absolute Gasteiger partial charge is 0.496 e. The molecule has 0 aliphatic heterocycles. The molecule has 0 saturated heterocycles. The van der Waals surface area contributed by atoms with Crippen LogP contribution >= 0.6 is 0 Å². The Bertz CT molecular complexity index is 582. The molecule has 1 atom stereocenters. The highest BCUT2D eigenvalue weighted by Gasteiger charge is 2.16. The zero-order valence-electron chi connectivity index (χ0n) is 12.6. The third kappa shape index (κ3) is 3.02. The van der Waals surface area contributed by atoms with Gasteiger partial charge in [0, 0.05) is 12.0 Å². The molecule has 1 N–H and O–H groups in total. The standard InChI is InChI=1S/C18H22O2/c1-12-8-9-15(18(10-12)20-4)17(19)11-16-13(2)6-5-7-14(16)3/h5-10,17,19H,11H2,1-4H3. The van der Waals surface area contributed by atoms with Crippen LogP contribution in [0.4, 0.5) is 0 Å². The number of ether oxygens (including phenoxy) is 1. The highest BCUT2D eigenvalue weighted by Crippen LogP contribution is 2.30. The molecule has 0 radical (unpaired) electrons. The molecule has 0 heterocycles. The third-order valence-corrected chi connectivity index (χ3v) is 3.79. The van der Waals surface area contributed by atoms with Gasteiger partial charge < -0.3 is 9.84 Å². The van der Waals surface area contributed by atoms with E-state index in [-0.39, 0.29) is 0 Å². The summed E-state index contributed by atoms with van der Waals surface area (Å²) in [4.78, 5) is 0. The minimum absolute atomic E-state index is 0.551. The highest BCUT2D eigenvalue weighted by atomic mass is 16.5. The Kier molecular flexibility index (Phi) is 4.46. The van der Waals surface area contributed by atoms with Gasteiger partial charge in [-0.3, -0.25) is 0 Å². The van der Waals surface area contributed by atoms with Gasteiger partial charge >= 0.3 is 0 Å². The summed E-state index contributed by atoms with van der Waals surface area (Å²) in [6, 6.07) is 12.1. The molecule has 0 aromatic heterocycles. The predicted octanol–water partition coefficient (Wildman–Crippen LogP) is 3.90. The van der Waals surface area contributed by atoms with E-state index < -0.39 is 6.10 Å². The second-order valence-electron chi connectivity index (χ2n) is 5.34. The number of rotatable bonds is 4. The summed E-state index contributed by atoms with van der Waals surface area (Å²) in [5.41, 5.74) is 5.62. The van der Waals surface area contributed by atoms with Crippen molar-refractivity contribution in [3.63, 3.8) is 0 Å². The van der Waals surface area contributed by atoms with Crippen molar-refractivity contribution in [1.82, 2.24) is 0 Å². The summed E-state index contributed by atoms with van der Waals surface area (Å²) < 4.78 is 5.39. The van der Waals surface area contributed by atoms with E-state index in [1.54, 1.807) is 7.11 Å². The fraction of sp³-hybridized carbons (Fsp3) is 0.333. The third-order valence-electron chi connectivity index (χ3n) is 3.79. The zero-order valence-corrected chi connectivity index (χ0v) is 12.6. The Morgan fingerprint density at radius 1 is 1.05 bits per heavy atom. The molecule has 2 nitrogen and oxygen atoms in total. The Labute approximate surface area is 121 Å². The van der Waals surface area contributed by atoms with Crippen LogP contribution in [0.2, 0.25) is 0 Å².